The fourth-order valence-electron chi connectivity index (χ4n) is 1.98. The quantitative estimate of drug-likeness (QED) is 0.804. The molecule has 0 spiro atoms. The summed E-state index contributed by atoms with van der Waals surface area (Å²) in [4.78, 5) is 4.41. The summed E-state index contributed by atoms with van der Waals surface area (Å²) in [6.07, 6.45) is 5.82. The number of aliphatic hydroxyl groups excluding tert-OH is 1. The number of nitrogens with zero attached hydrogens (tertiary/aromatic N) is 1. The van der Waals surface area contributed by atoms with E-state index in [4.69, 9.17) is 5.11 Å². The summed E-state index contributed by atoms with van der Waals surface area (Å²) in [7, 11) is 0. The third-order valence-electron chi connectivity index (χ3n) is 3.09. The number of pyridine rings is 1. The number of benzene rings is 1. The molecule has 0 atom stereocenters. The zero-order chi connectivity index (χ0) is 13.5. The molecule has 0 saturated carbocycles. The van der Waals surface area contributed by atoms with Crippen LogP contribution in [0.3, 0.4) is 0 Å². The highest BCUT2D eigenvalue weighted by molar-refractivity contribution is 5.58. The first kappa shape index (κ1) is 13.7. The lowest BCUT2D eigenvalue weighted by Gasteiger charge is -2.04. The van der Waals surface area contributed by atoms with Crippen molar-refractivity contribution in [1.29, 1.82) is 0 Å². The minimum atomic E-state index is -0.232. The molecule has 0 amide bonds. The van der Waals surface area contributed by atoms with Crippen LogP contribution in [0.5, 0.6) is 0 Å². The van der Waals surface area contributed by atoms with Gasteiger partial charge in [-0.25, -0.2) is 4.39 Å². The fourth-order valence-corrected chi connectivity index (χ4v) is 1.98. The molecule has 0 aliphatic carbocycles. The van der Waals surface area contributed by atoms with Crippen LogP contribution in [0.25, 0.3) is 11.3 Å². The zero-order valence-corrected chi connectivity index (χ0v) is 10.8. The number of hydrogen-bond donors (Lipinski definition) is 1. The molecule has 0 aliphatic heterocycles. The van der Waals surface area contributed by atoms with Gasteiger partial charge in [0.1, 0.15) is 5.82 Å². The molecule has 3 heteroatoms. The molecule has 0 fully saturated rings. The Morgan fingerprint density at radius 3 is 2.37 bits per heavy atom. The fraction of sp³-hybridized carbons (Fsp3) is 0.312. The Morgan fingerprint density at radius 1 is 0.947 bits per heavy atom. The number of rotatable bonds is 6. The monoisotopic (exact) mass is 259 g/mol. The Hall–Kier alpha value is -1.74. The summed E-state index contributed by atoms with van der Waals surface area (Å²) >= 11 is 0. The lowest BCUT2D eigenvalue weighted by atomic mass is 10.1. The molecule has 1 heterocycles. The van der Waals surface area contributed by atoms with E-state index < -0.39 is 0 Å². The van der Waals surface area contributed by atoms with Crippen molar-refractivity contribution in [3.8, 4) is 11.3 Å². The molecule has 0 bridgehead atoms. The first-order chi connectivity index (χ1) is 9.29. The van der Waals surface area contributed by atoms with Gasteiger partial charge in [-0.05, 0) is 55.2 Å². The third kappa shape index (κ3) is 4.14. The predicted octanol–water partition coefficient (Wildman–Crippen LogP) is 3.59. The average molecular weight is 259 g/mol. The summed E-state index contributed by atoms with van der Waals surface area (Å²) in [5.74, 6) is -0.232. The Kier molecular flexibility index (Phi) is 5.04. The van der Waals surface area contributed by atoms with Crippen molar-refractivity contribution in [3.05, 3.63) is 54.0 Å². The molecule has 0 aliphatic rings. The number of halogens is 1. The SMILES string of the molecule is OCCCCCc1ccc(-c2ccc(F)cc2)nc1. The van der Waals surface area contributed by atoms with Crippen molar-refractivity contribution in [1.82, 2.24) is 4.98 Å². The van der Waals surface area contributed by atoms with Gasteiger partial charge in [0.25, 0.3) is 0 Å². The summed E-state index contributed by atoms with van der Waals surface area (Å²) in [5.41, 5.74) is 2.98. The molecular weight excluding hydrogens is 241 g/mol. The first-order valence-electron chi connectivity index (χ1n) is 6.61. The van der Waals surface area contributed by atoms with Crippen LogP contribution >= 0.6 is 0 Å². The van der Waals surface area contributed by atoms with Crippen molar-refractivity contribution < 1.29 is 9.50 Å². The van der Waals surface area contributed by atoms with Gasteiger partial charge in [-0.1, -0.05) is 12.5 Å². The van der Waals surface area contributed by atoms with Crippen molar-refractivity contribution in [2.75, 3.05) is 6.61 Å². The molecule has 2 nitrogen and oxygen atoms in total. The minimum absolute atomic E-state index is 0.232. The average Bonchev–Trinajstić information content (AvgIpc) is 2.45. The van der Waals surface area contributed by atoms with Crippen LogP contribution in [0.4, 0.5) is 4.39 Å². The maximum absolute atomic E-state index is 12.8. The number of hydrogen-bond acceptors (Lipinski definition) is 2. The van der Waals surface area contributed by atoms with Crippen LogP contribution in [-0.4, -0.2) is 16.7 Å². The Labute approximate surface area is 112 Å². The van der Waals surface area contributed by atoms with Gasteiger partial charge in [-0.15, -0.1) is 0 Å². The van der Waals surface area contributed by atoms with E-state index >= 15 is 0 Å². The normalized spacial score (nSPS) is 10.6. The highest BCUT2D eigenvalue weighted by atomic mass is 19.1. The van der Waals surface area contributed by atoms with Crippen LogP contribution in [-0.2, 0) is 6.42 Å². The summed E-state index contributed by atoms with van der Waals surface area (Å²) < 4.78 is 12.8. The van der Waals surface area contributed by atoms with Crippen LogP contribution in [0, 0.1) is 5.82 Å². The van der Waals surface area contributed by atoms with Crippen molar-refractivity contribution in [2.45, 2.75) is 25.7 Å². The van der Waals surface area contributed by atoms with Gasteiger partial charge in [0.15, 0.2) is 0 Å². The van der Waals surface area contributed by atoms with E-state index in [1.807, 2.05) is 12.3 Å². The Balaban J connectivity index is 1.96. The molecule has 0 radical (unpaired) electrons. The van der Waals surface area contributed by atoms with E-state index in [1.165, 1.54) is 17.7 Å². The topological polar surface area (TPSA) is 33.1 Å². The lowest BCUT2D eigenvalue weighted by Crippen LogP contribution is -1.90. The minimum Gasteiger partial charge on any atom is -0.396 e. The smallest absolute Gasteiger partial charge is 0.123 e. The van der Waals surface area contributed by atoms with E-state index in [9.17, 15) is 4.39 Å². The molecule has 100 valence electrons. The summed E-state index contributed by atoms with van der Waals surface area (Å²) in [5, 5.41) is 8.71. The van der Waals surface area contributed by atoms with Gasteiger partial charge >= 0.3 is 0 Å². The molecule has 0 saturated heterocycles. The largest absolute Gasteiger partial charge is 0.396 e. The van der Waals surface area contributed by atoms with Gasteiger partial charge in [-0.2, -0.15) is 0 Å². The van der Waals surface area contributed by atoms with Crippen LogP contribution < -0.4 is 0 Å². The molecule has 1 aromatic heterocycles. The van der Waals surface area contributed by atoms with Gasteiger partial charge in [0, 0.05) is 18.4 Å². The maximum atomic E-state index is 12.8. The van der Waals surface area contributed by atoms with Crippen LogP contribution in [0.2, 0.25) is 0 Å². The predicted molar refractivity (Wildman–Crippen MR) is 74.3 cm³/mol. The van der Waals surface area contributed by atoms with Crippen molar-refractivity contribution in [2.24, 2.45) is 0 Å². The molecule has 0 unspecified atom stereocenters. The van der Waals surface area contributed by atoms with E-state index in [0.717, 1.165) is 36.9 Å². The maximum Gasteiger partial charge on any atom is 0.123 e. The third-order valence-corrected chi connectivity index (χ3v) is 3.09. The second-order valence-electron chi connectivity index (χ2n) is 4.59. The number of unbranched alkanes of at least 4 members (excludes halogenated alkanes) is 2. The number of aromatic nitrogens is 1. The lowest BCUT2D eigenvalue weighted by molar-refractivity contribution is 0.283. The molecule has 1 N–H and O–H groups in total. The summed E-state index contributed by atoms with van der Waals surface area (Å²) in [6.45, 7) is 0.266. The Morgan fingerprint density at radius 2 is 1.74 bits per heavy atom. The highest BCUT2D eigenvalue weighted by Gasteiger charge is 2.00. The van der Waals surface area contributed by atoms with Crippen LogP contribution in [0.1, 0.15) is 24.8 Å². The second-order valence-corrected chi connectivity index (χ2v) is 4.59. The standard InChI is InChI=1S/C16H18FNO/c17-15-8-6-14(7-9-15)16-10-5-13(12-18-16)4-2-1-3-11-19/h5-10,12,19H,1-4,11H2. The van der Waals surface area contributed by atoms with E-state index in [2.05, 4.69) is 11.1 Å². The van der Waals surface area contributed by atoms with E-state index in [0.29, 0.717) is 0 Å². The molecule has 19 heavy (non-hydrogen) atoms. The number of aliphatic hydroxyl groups is 1. The highest BCUT2D eigenvalue weighted by Crippen LogP contribution is 2.18. The molecule has 2 aromatic rings. The first-order valence-corrected chi connectivity index (χ1v) is 6.61. The van der Waals surface area contributed by atoms with E-state index in [1.54, 1.807) is 12.1 Å². The van der Waals surface area contributed by atoms with Gasteiger partial charge in [-0.3, -0.25) is 4.98 Å². The van der Waals surface area contributed by atoms with Crippen LogP contribution in [0.15, 0.2) is 42.6 Å². The van der Waals surface area contributed by atoms with Gasteiger partial charge in [0.2, 0.25) is 0 Å². The molecule has 2 rings (SSSR count). The van der Waals surface area contributed by atoms with E-state index in [-0.39, 0.29) is 12.4 Å². The summed E-state index contributed by atoms with van der Waals surface area (Å²) in [6, 6.07) is 10.4. The molecular formula is C16H18FNO. The molecule has 1 aromatic carbocycles. The zero-order valence-electron chi connectivity index (χ0n) is 10.8. The Bertz CT molecular complexity index is 493. The second kappa shape index (κ2) is 7.00. The number of aryl methyl sites for hydroxylation is 1. The van der Waals surface area contributed by atoms with Crippen molar-refractivity contribution >= 4 is 0 Å². The van der Waals surface area contributed by atoms with Gasteiger partial charge < -0.3 is 5.11 Å². The van der Waals surface area contributed by atoms with Crippen molar-refractivity contribution in [3.63, 3.8) is 0 Å². The van der Waals surface area contributed by atoms with Gasteiger partial charge in [0.05, 0.1) is 5.69 Å².